The Morgan fingerprint density at radius 3 is 2.60 bits per heavy atom. The van der Waals surface area contributed by atoms with Gasteiger partial charge < -0.3 is 49.6 Å². The maximum absolute atomic E-state index is 12.2. The van der Waals surface area contributed by atoms with Crippen molar-refractivity contribution in [1.29, 1.82) is 0 Å². The first-order chi connectivity index (χ1) is 16.7. The highest BCUT2D eigenvalue weighted by Crippen LogP contribution is 2.41. The summed E-state index contributed by atoms with van der Waals surface area (Å²) in [5.74, 6) is -3.48. The summed E-state index contributed by atoms with van der Waals surface area (Å²) in [5, 5.41) is 59.2. The molecule has 8 atom stereocenters. The third-order valence-electron chi connectivity index (χ3n) is 6.29. The predicted molar refractivity (Wildman–Crippen MR) is 118 cm³/mol. The van der Waals surface area contributed by atoms with Crippen LogP contribution in [0.25, 0.3) is 6.08 Å². The number of carbonyl (C=O) groups is 1. The third kappa shape index (κ3) is 5.41. The van der Waals surface area contributed by atoms with Gasteiger partial charge in [-0.15, -0.1) is 0 Å². The maximum Gasteiger partial charge on any atom is 0.331 e. The Morgan fingerprint density at radius 1 is 1.14 bits per heavy atom. The van der Waals surface area contributed by atoms with E-state index in [1.54, 1.807) is 18.2 Å². The summed E-state index contributed by atoms with van der Waals surface area (Å²) in [7, 11) is 0. The number of hydrogen-bond acceptors (Lipinski definition) is 11. The van der Waals surface area contributed by atoms with Crippen molar-refractivity contribution >= 4 is 12.0 Å². The quantitative estimate of drug-likeness (QED) is 0.165. The lowest BCUT2D eigenvalue weighted by Gasteiger charge is -2.46. The Hall–Kier alpha value is -2.77. The molecule has 0 radical (unpaired) electrons. The van der Waals surface area contributed by atoms with E-state index in [4.69, 9.17) is 18.9 Å². The van der Waals surface area contributed by atoms with Crippen LogP contribution >= 0.6 is 0 Å². The van der Waals surface area contributed by atoms with Gasteiger partial charge in [-0.2, -0.15) is 0 Å². The monoisotopic (exact) mass is 492 g/mol. The van der Waals surface area contributed by atoms with Crippen LogP contribution in [0.1, 0.15) is 12.0 Å². The highest BCUT2D eigenvalue weighted by Gasteiger charge is 2.54. The van der Waals surface area contributed by atoms with E-state index < -0.39 is 55.2 Å². The Labute approximate surface area is 200 Å². The lowest BCUT2D eigenvalue weighted by atomic mass is 9.89. The van der Waals surface area contributed by atoms with Crippen LogP contribution in [-0.4, -0.2) is 86.5 Å². The van der Waals surface area contributed by atoms with E-state index in [0.29, 0.717) is 17.6 Å². The summed E-state index contributed by atoms with van der Waals surface area (Å²) in [4.78, 5) is 12.2. The fraction of sp³-hybridized carbons (Fsp3) is 0.458. The minimum atomic E-state index is -2.54. The van der Waals surface area contributed by atoms with Crippen LogP contribution in [0, 0.1) is 11.8 Å². The molecule has 1 fully saturated rings. The van der Waals surface area contributed by atoms with Gasteiger partial charge in [0.15, 0.2) is 6.29 Å². The van der Waals surface area contributed by atoms with Crippen molar-refractivity contribution in [2.24, 2.45) is 11.8 Å². The summed E-state index contributed by atoms with van der Waals surface area (Å²) in [5.41, 5.74) is 1.42. The number of aromatic hydroxyl groups is 1. The molecule has 35 heavy (non-hydrogen) atoms. The number of phenolic OH excluding ortho intramolecular Hbond substituents is 1. The summed E-state index contributed by atoms with van der Waals surface area (Å²) >= 11 is 0. The van der Waals surface area contributed by atoms with Crippen molar-refractivity contribution in [3.05, 3.63) is 59.9 Å². The molecule has 1 aromatic carbocycles. The molecule has 6 N–H and O–H groups in total. The normalized spacial score (nSPS) is 36.5. The maximum atomic E-state index is 12.2. The number of aliphatic hydroxyl groups is 5. The Kier molecular flexibility index (Phi) is 7.57. The topological polar surface area (TPSA) is 175 Å². The second-order valence-corrected chi connectivity index (χ2v) is 8.62. The molecular weight excluding hydrogens is 464 g/mol. The highest BCUT2D eigenvalue weighted by atomic mass is 16.8. The van der Waals surface area contributed by atoms with Gasteiger partial charge in [-0.3, -0.25) is 0 Å². The van der Waals surface area contributed by atoms with Crippen LogP contribution in [-0.2, 0) is 23.7 Å². The first kappa shape index (κ1) is 25.3. The van der Waals surface area contributed by atoms with Crippen LogP contribution in [0.2, 0.25) is 0 Å². The SMILES string of the molecule is O=C(/C=C/c1ccc(O)cc1)OCC1=CC[C@@H]2C=COC(O[C@H]3O[C@@](O)(CO)[C@@H](O)[C@H](O)[C@H]3O)[C@H]12. The number of aliphatic hydroxyl groups excluding tert-OH is 4. The van der Waals surface area contributed by atoms with Gasteiger partial charge in [0.25, 0.3) is 0 Å². The van der Waals surface area contributed by atoms with Gasteiger partial charge in [0.05, 0.1) is 18.8 Å². The van der Waals surface area contributed by atoms with E-state index in [1.165, 1.54) is 24.5 Å². The summed E-state index contributed by atoms with van der Waals surface area (Å²) in [6.07, 6.45) is 0.374. The first-order valence-corrected chi connectivity index (χ1v) is 11.1. The van der Waals surface area contributed by atoms with Gasteiger partial charge >= 0.3 is 5.97 Å². The van der Waals surface area contributed by atoms with Crippen molar-refractivity contribution in [3.63, 3.8) is 0 Å². The van der Waals surface area contributed by atoms with Crippen LogP contribution < -0.4 is 0 Å². The van der Waals surface area contributed by atoms with Gasteiger partial charge in [0.1, 0.15) is 30.7 Å². The fourth-order valence-corrected chi connectivity index (χ4v) is 4.28. The lowest BCUT2D eigenvalue weighted by Crippen LogP contribution is -2.67. The van der Waals surface area contributed by atoms with Crippen LogP contribution in [0.4, 0.5) is 0 Å². The van der Waals surface area contributed by atoms with Gasteiger partial charge in [-0.25, -0.2) is 4.79 Å². The standard InChI is InChI=1S/C24H28O11/c25-12-24(31)21(30)19(28)20(29)23(35-24)34-22-18-14(9-10-32-22)4-5-15(18)11-33-17(27)8-3-13-1-6-16(26)7-2-13/h1-3,5-10,14,18-23,25-26,28-31H,4,11-12H2/b8-3+/t14-,18+,19-,20-,21+,22?,23+,24+/m1/s1. The van der Waals surface area contributed by atoms with Crippen molar-refractivity contribution in [3.8, 4) is 5.75 Å². The molecule has 11 nitrogen and oxygen atoms in total. The molecule has 1 saturated heterocycles. The molecule has 0 amide bonds. The van der Waals surface area contributed by atoms with Crippen LogP contribution in [0.3, 0.4) is 0 Å². The lowest BCUT2D eigenvalue weighted by molar-refractivity contribution is -0.414. The molecule has 0 aromatic heterocycles. The van der Waals surface area contributed by atoms with Crippen molar-refractivity contribution < 1.29 is 54.4 Å². The Morgan fingerprint density at radius 2 is 1.89 bits per heavy atom. The second kappa shape index (κ2) is 10.5. The molecule has 3 aliphatic rings. The van der Waals surface area contributed by atoms with Crippen LogP contribution in [0.5, 0.6) is 5.75 Å². The molecule has 1 aromatic rings. The van der Waals surface area contributed by atoms with Gasteiger partial charge in [0, 0.05) is 6.08 Å². The van der Waals surface area contributed by atoms with Crippen molar-refractivity contribution in [2.75, 3.05) is 13.2 Å². The number of phenols is 1. The minimum absolute atomic E-state index is 0.0486. The molecule has 0 spiro atoms. The zero-order valence-electron chi connectivity index (χ0n) is 18.6. The second-order valence-electron chi connectivity index (χ2n) is 8.62. The van der Waals surface area contributed by atoms with Crippen LogP contribution in [0.15, 0.2) is 54.3 Å². The van der Waals surface area contributed by atoms with Gasteiger partial charge in [-0.05, 0) is 47.8 Å². The highest BCUT2D eigenvalue weighted by molar-refractivity contribution is 5.87. The molecule has 11 heteroatoms. The molecule has 1 unspecified atom stereocenters. The number of carbonyl (C=O) groups excluding carboxylic acids is 1. The van der Waals surface area contributed by atoms with Gasteiger partial charge in [-0.1, -0.05) is 18.2 Å². The van der Waals surface area contributed by atoms with Gasteiger partial charge in [0.2, 0.25) is 12.1 Å². The molecule has 0 saturated carbocycles. The largest absolute Gasteiger partial charge is 0.508 e. The third-order valence-corrected chi connectivity index (χ3v) is 6.29. The Balaban J connectivity index is 1.39. The average molecular weight is 492 g/mol. The number of benzene rings is 1. The molecule has 1 aliphatic carbocycles. The molecule has 190 valence electrons. The minimum Gasteiger partial charge on any atom is -0.508 e. The predicted octanol–water partition coefficient (Wildman–Crippen LogP) is -0.482. The first-order valence-electron chi connectivity index (χ1n) is 11.1. The molecule has 2 aliphatic heterocycles. The van der Waals surface area contributed by atoms with Crippen molar-refractivity contribution in [1.82, 2.24) is 0 Å². The zero-order valence-corrected chi connectivity index (χ0v) is 18.6. The Bertz CT molecular complexity index is 988. The van der Waals surface area contributed by atoms with Crippen molar-refractivity contribution in [2.45, 2.75) is 43.1 Å². The number of fused-ring (bicyclic) bond motifs is 1. The smallest absolute Gasteiger partial charge is 0.331 e. The number of esters is 1. The summed E-state index contributed by atoms with van der Waals surface area (Å²) in [6.45, 7) is -1.10. The summed E-state index contributed by atoms with van der Waals surface area (Å²) in [6, 6.07) is 6.29. The average Bonchev–Trinajstić information content (AvgIpc) is 3.28. The fourth-order valence-electron chi connectivity index (χ4n) is 4.28. The van der Waals surface area contributed by atoms with E-state index in [1.807, 2.05) is 12.2 Å². The summed E-state index contributed by atoms with van der Waals surface area (Å²) < 4.78 is 21.8. The molecular formula is C24H28O11. The van der Waals surface area contributed by atoms with E-state index in [9.17, 15) is 35.4 Å². The van der Waals surface area contributed by atoms with E-state index in [0.717, 1.165) is 0 Å². The number of hydrogen-bond donors (Lipinski definition) is 6. The van der Waals surface area contributed by atoms with E-state index in [-0.39, 0.29) is 18.3 Å². The molecule has 4 rings (SSSR count). The molecule has 0 bridgehead atoms. The number of rotatable bonds is 7. The number of ether oxygens (including phenoxy) is 4. The van der Waals surface area contributed by atoms with E-state index >= 15 is 0 Å². The number of allylic oxidation sites excluding steroid dienone is 2. The van der Waals surface area contributed by atoms with E-state index in [2.05, 4.69) is 0 Å². The zero-order chi connectivity index (χ0) is 25.2. The molecule has 2 heterocycles.